The van der Waals surface area contributed by atoms with E-state index in [-0.39, 0.29) is 24.0 Å². The third kappa shape index (κ3) is 11.6. The van der Waals surface area contributed by atoms with Crippen molar-refractivity contribution >= 4 is 41.7 Å². The highest BCUT2D eigenvalue weighted by Gasteiger charge is 2.06. The molecular formula is C20H36IN3O2S. The molecular weight excluding hydrogens is 473 g/mol. The summed E-state index contributed by atoms with van der Waals surface area (Å²) in [6, 6.07) is 6.17. The minimum Gasteiger partial charge on any atom is -0.490 e. The van der Waals surface area contributed by atoms with Crippen LogP contribution in [-0.4, -0.2) is 50.8 Å². The largest absolute Gasteiger partial charge is 0.490 e. The van der Waals surface area contributed by atoms with Gasteiger partial charge in [0.1, 0.15) is 0 Å². The lowest BCUT2D eigenvalue weighted by molar-refractivity contribution is 0.287. The maximum atomic E-state index is 5.70. The van der Waals surface area contributed by atoms with Gasteiger partial charge in [-0.05, 0) is 69.7 Å². The van der Waals surface area contributed by atoms with Gasteiger partial charge >= 0.3 is 0 Å². The Balaban J connectivity index is 0.00000676. The summed E-state index contributed by atoms with van der Waals surface area (Å²) in [4.78, 5) is 4.64. The Morgan fingerprint density at radius 3 is 2.44 bits per heavy atom. The van der Waals surface area contributed by atoms with Crippen molar-refractivity contribution in [2.24, 2.45) is 4.99 Å². The second-order valence-electron chi connectivity index (χ2n) is 5.78. The van der Waals surface area contributed by atoms with Gasteiger partial charge in [-0.1, -0.05) is 6.07 Å². The van der Waals surface area contributed by atoms with E-state index in [2.05, 4.69) is 40.9 Å². The smallest absolute Gasteiger partial charge is 0.191 e. The molecule has 0 saturated heterocycles. The number of nitrogens with zero attached hydrogens (tertiary/aromatic N) is 1. The highest BCUT2D eigenvalue weighted by Crippen LogP contribution is 2.28. The van der Waals surface area contributed by atoms with Crippen LogP contribution < -0.4 is 20.1 Å². The van der Waals surface area contributed by atoms with Crippen LogP contribution in [0, 0.1) is 0 Å². The molecule has 0 heterocycles. The molecule has 0 spiro atoms. The number of halogens is 1. The zero-order valence-electron chi connectivity index (χ0n) is 17.2. The molecule has 0 radical (unpaired) electrons. The molecule has 27 heavy (non-hydrogen) atoms. The zero-order chi connectivity index (χ0) is 19.0. The number of aliphatic imine (C=N–C) groups is 1. The maximum Gasteiger partial charge on any atom is 0.191 e. The zero-order valence-corrected chi connectivity index (χ0v) is 20.3. The molecule has 0 fully saturated rings. The summed E-state index contributed by atoms with van der Waals surface area (Å²) in [5.74, 6) is 3.74. The number of hydrogen-bond donors (Lipinski definition) is 2. The lowest BCUT2D eigenvalue weighted by atomic mass is 10.1. The van der Waals surface area contributed by atoms with Gasteiger partial charge in [-0.3, -0.25) is 4.99 Å². The Morgan fingerprint density at radius 2 is 1.78 bits per heavy atom. The van der Waals surface area contributed by atoms with E-state index in [1.807, 2.05) is 31.7 Å². The molecule has 0 atom stereocenters. The highest BCUT2D eigenvalue weighted by atomic mass is 127. The average Bonchev–Trinajstić information content (AvgIpc) is 2.64. The van der Waals surface area contributed by atoms with Gasteiger partial charge in [-0.2, -0.15) is 11.8 Å². The molecule has 1 aromatic carbocycles. The number of benzene rings is 1. The maximum absolute atomic E-state index is 5.70. The summed E-state index contributed by atoms with van der Waals surface area (Å²) in [5, 5.41) is 6.72. The predicted octanol–water partition coefficient (Wildman–Crippen LogP) is 4.34. The second-order valence-corrected chi connectivity index (χ2v) is 6.77. The molecule has 1 aromatic rings. The number of hydrogen-bond acceptors (Lipinski definition) is 4. The SMILES string of the molecule is CCNC(=NCCCCSC)NCCc1ccc(OCC)c(OCC)c1.I. The number of nitrogens with one attached hydrogen (secondary N) is 2. The molecule has 0 aliphatic rings. The van der Waals surface area contributed by atoms with E-state index in [9.17, 15) is 0 Å². The van der Waals surface area contributed by atoms with E-state index in [1.54, 1.807) is 0 Å². The molecule has 0 aliphatic carbocycles. The fourth-order valence-electron chi connectivity index (χ4n) is 2.47. The monoisotopic (exact) mass is 509 g/mol. The van der Waals surface area contributed by atoms with Crippen LogP contribution in [0.1, 0.15) is 39.2 Å². The first-order chi connectivity index (χ1) is 12.7. The summed E-state index contributed by atoms with van der Waals surface area (Å²) in [6.07, 6.45) is 5.40. The van der Waals surface area contributed by atoms with Crippen LogP contribution in [0.4, 0.5) is 0 Å². The van der Waals surface area contributed by atoms with Crippen LogP contribution in [0.5, 0.6) is 11.5 Å². The molecule has 0 unspecified atom stereocenters. The van der Waals surface area contributed by atoms with E-state index in [0.717, 1.165) is 49.9 Å². The summed E-state index contributed by atoms with van der Waals surface area (Å²) >= 11 is 1.89. The van der Waals surface area contributed by atoms with Gasteiger partial charge in [-0.15, -0.1) is 24.0 Å². The van der Waals surface area contributed by atoms with Gasteiger partial charge in [0.05, 0.1) is 13.2 Å². The number of rotatable bonds is 13. The highest BCUT2D eigenvalue weighted by molar-refractivity contribution is 14.0. The van der Waals surface area contributed by atoms with E-state index in [4.69, 9.17) is 9.47 Å². The number of thioether (sulfide) groups is 1. The first-order valence-electron chi connectivity index (χ1n) is 9.64. The fourth-order valence-corrected chi connectivity index (χ4v) is 2.96. The topological polar surface area (TPSA) is 54.9 Å². The van der Waals surface area contributed by atoms with E-state index >= 15 is 0 Å². The molecule has 0 bridgehead atoms. The van der Waals surface area contributed by atoms with Gasteiger partial charge in [0.25, 0.3) is 0 Å². The van der Waals surface area contributed by atoms with Crippen LogP contribution in [0.15, 0.2) is 23.2 Å². The number of ether oxygens (including phenoxy) is 2. The van der Waals surface area contributed by atoms with Crippen molar-refractivity contribution in [2.75, 3.05) is 44.9 Å². The Kier molecular flexibility index (Phi) is 16.7. The third-order valence-corrected chi connectivity index (χ3v) is 4.38. The van der Waals surface area contributed by atoms with Gasteiger partial charge in [0.15, 0.2) is 17.5 Å². The van der Waals surface area contributed by atoms with E-state index in [1.165, 1.54) is 17.7 Å². The van der Waals surface area contributed by atoms with Crippen molar-refractivity contribution in [1.29, 1.82) is 0 Å². The lowest BCUT2D eigenvalue weighted by Crippen LogP contribution is -2.38. The third-order valence-electron chi connectivity index (χ3n) is 3.68. The Hall–Kier alpha value is -0.830. The number of unbranched alkanes of at least 4 members (excludes halogenated alkanes) is 1. The standard InChI is InChI=1S/C20H35N3O2S.HI/c1-5-21-20(22-13-8-9-15-26-4)23-14-12-17-10-11-18(24-6-2)19(16-17)25-7-3;/h10-11,16H,5-9,12-15H2,1-4H3,(H2,21,22,23);1H. The van der Waals surface area contributed by atoms with Crippen molar-refractivity contribution in [2.45, 2.75) is 40.0 Å². The van der Waals surface area contributed by atoms with E-state index < -0.39 is 0 Å². The van der Waals surface area contributed by atoms with Crippen molar-refractivity contribution in [3.63, 3.8) is 0 Å². The molecule has 156 valence electrons. The van der Waals surface area contributed by atoms with Crippen molar-refractivity contribution in [1.82, 2.24) is 10.6 Å². The second kappa shape index (κ2) is 17.3. The lowest BCUT2D eigenvalue weighted by Gasteiger charge is -2.14. The summed E-state index contributed by atoms with van der Waals surface area (Å²) in [6.45, 7) is 9.90. The van der Waals surface area contributed by atoms with Crippen LogP contribution >= 0.6 is 35.7 Å². The minimum absolute atomic E-state index is 0. The van der Waals surface area contributed by atoms with Crippen LogP contribution in [0.2, 0.25) is 0 Å². The molecule has 0 aromatic heterocycles. The number of guanidine groups is 1. The molecule has 0 amide bonds. The van der Waals surface area contributed by atoms with Gasteiger partial charge in [-0.25, -0.2) is 0 Å². The van der Waals surface area contributed by atoms with Gasteiger partial charge in [0.2, 0.25) is 0 Å². The van der Waals surface area contributed by atoms with Crippen molar-refractivity contribution in [3.05, 3.63) is 23.8 Å². The predicted molar refractivity (Wildman–Crippen MR) is 129 cm³/mol. The molecule has 7 heteroatoms. The van der Waals surface area contributed by atoms with Crippen LogP contribution in [0.3, 0.4) is 0 Å². The average molecular weight is 509 g/mol. The quantitative estimate of drug-likeness (QED) is 0.179. The first kappa shape index (κ1) is 26.2. The van der Waals surface area contributed by atoms with Crippen molar-refractivity contribution in [3.8, 4) is 11.5 Å². The molecule has 2 N–H and O–H groups in total. The first-order valence-corrected chi connectivity index (χ1v) is 11.0. The van der Waals surface area contributed by atoms with Crippen molar-refractivity contribution < 1.29 is 9.47 Å². The molecule has 0 saturated carbocycles. The van der Waals surface area contributed by atoms with Crippen LogP contribution in [-0.2, 0) is 6.42 Å². The summed E-state index contributed by atoms with van der Waals surface area (Å²) in [7, 11) is 0. The molecule has 1 rings (SSSR count). The molecule has 0 aliphatic heterocycles. The fraction of sp³-hybridized carbons (Fsp3) is 0.650. The van der Waals surface area contributed by atoms with E-state index in [0.29, 0.717) is 13.2 Å². The van der Waals surface area contributed by atoms with Gasteiger partial charge in [0, 0.05) is 19.6 Å². The summed E-state index contributed by atoms with van der Waals surface area (Å²) in [5.41, 5.74) is 1.22. The Labute approximate surface area is 186 Å². The Morgan fingerprint density at radius 1 is 1.04 bits per heavy atom. The summed E-state index contributed by atoms with van der Waals surface area (Å²) < 4.78 is 11.3. The van der Waals surface area contributed by atoms with Gasteiger partial charge < -0.3 is 20.1 Å². The Bertz CT molecular complexity index is 530. The molecule has 5 nitrogen and oxygen atoms in total. The minimum atomic E-state index is 0. The van der Waals surface area contributed by atoms with Crippen LogP contribution in [0.25, 0.3) is 0 Å². The normalized spacial score (nSPS) is 10.9.